The summed E-state index contributed by atoms with van der Waals surface area (Å²) >= 11 is 1.18. The summed E-state index contributed by atoms with van der Waals surface area (Å²) in [5, 5.41) is 20.4. The van der Waals surface area contributed by atoms with Gasteiger partial charge in [0.2, 0.25) is 0 Å². The van der Waals surface area contributed by atoms with Gasteiger partial charge in [-0.2, -0.15) is 18.4 Å². The van der Waals surface area contributed by atoms with E-state index >= 15 is 0 Å². The van der Waals surface area contributed by atoms with Crippen LogP contribution in [0.25, 0.3) is 0 Å². The molecule has 1 fully saturated rings. The maximum atomic E-state index is 13.6. The smallest absolute Gasteiger partial charge is 0.385 e. The molecule has 160 valence electrons. The van der Waals surface area contributed by atoms with Crippen molar-refractivity contribution in [1.29, 1.82) is 5.26 Å². The highest BCUT2D eigenvalue weighted by Gasteiger charge is 2.38. The molecule has 0 bridgehead atoms. The molecule has 7 heteroatoms. The van der Waals surface area contributed by atoms with Crippen molar-refractivity contribution in [3.8, 4) is 6.07 Å². The Morgan fingerprint density at radius 1 is 1.13 bits per heavy atom. The third-order valence-electron chi connectivity index (χ3n) is 5.39. The fourth-order valence-corrected chi connectivity index (χ4v) is 4.54. The Kier molecular flexibility index (Phi) is 6.24. The Morgan fingerprint density at radius 3 is 2.47 bits per heavy atom. The fourth-order valence-electron chi connectivity index (χ4n) is 3.57. The van der Waals surface area contributed by atoms with Crippen molar-refractivity contribution in [3.05, 3.63) is 59.2 Å². The second-order valence-electron chi connectivity index (χ2n) is 8.28. The molecule has 30 heavy (non-hydrogen) atoms. The maximum absolute atomic E-state index is 13.6. The van der Waals surface area contributed by atoms with E-state index in [1.807, 2.05) is 12.1 Å². The highest BCUT2D eigenvalue weighted by atomic mass is 32.2. The lowest BCUT2D eigenvalue weighted by Gasteiger charge is -2.36. The first-order valence-electron chi connectivity index (χ1n) is 9.69. The van der Waals surface area contributed by atoms with Gasteiger partial charge >= 0.3 is 6.18 Å². The number of alkyl halides is 3. The molecule has 2 unspecified atom stereocenters. The van der Waals surface area contributed by atoms with E-state index in [4.69, 9.17) is 4.74 Å². The van der Waals surface area contributed by atoms with Gasteiger partial charge in [-0.1, -0.05) is 23.9 Å². The molecule has 3 nitrogen and oxygen atoms in total. The van der Waals surface area contributed by atoms with E-state index in [0.717, 1.165) is 22.6 Å². The Bertz CT molecular complexity index is 968. The Morgan fingerprint density at radius 2 is 1.83 bits per heavy atom. The number of hydrogen-bond acceptors (Lipinski definition) is 4. The van der Waals surface area contributed by atoms with Crippen LogP contribution in [0.15, 0.2) is 52.3 Å². The van der Waals surface area contributed by atoms with Gasteiger partial charge < -0.3 is 9.84 Å². The molecule has 3 rings (SSSR count). The van der Waals surface area contributed by atoms with Gasteiger partial charge in [-0.25, -0.2) is 0 Å². The summed E-state index contributed by atoms with van der Waals surface area (Å²) in [4.78, 5) is 1.12. The SMILES string of the molecule is CC1CC(O)(c2cc(Sc3cccc(C(C)(C)C#N)c3)cc(C(F)(F)F)c2)CCO1. The molecule has 1 heterocycles. The molecule has 0 saturated carbocycles. The topological polar surface area (TPSA) is 53.2 Å². The van der Waals surface area contributed by atoms with Gasteiger partial charge in [-0.15, -0.1) is 0 Å². The van der Waals surface area contributed by atoms with Crippen LogP contribution in [0.3, 0.4) is 0 Å². The zero-order valence-electron chi connectivity index (χ0n) is 17.1. The number of ether oxygens (including phenoxy) is 1. The van der Waals surface area contributed by atoms with Gasteiger partial charge in [0.1, 0.15) is 0 Å². The van der Waals surface area contributed by atoms with Crippen molar-refractivity contribution in [1.82, 2.24) is 0 Å². The maximum Gasteiger partial charge on any atom is 0.416 e. The number of benzene rings is 2. The summed E-state index contributed by atoms with van der Waals surface area (Å²) in [5.74, 6) is 0. The van der Waals surface area contributed by atoms with Gasteiger partial charge in [-0.05, 0) is 62.2 Å². The number of hydrogen-bond donors (Lipinski definition) is 1. The van der Waals surface area contributed by atoms with Crippen LogP contribution in [0.2, 0.25) is 0 Å². The fraction of sp³-hybridized carbons (Fsp3) is 0.435. The molecular weight excluding hydrogens is 411 g/mol. The van der Waals surface area contributed by atoms with Crippen LogP contribution in [0.5, 0.6) is 0 Å². The van der Waals surface area contributed by atoms with Crippen molar-refractivity contribution >= 4 is 11.8 Å². The van der Waals surface area contributed by atoms with Gasteiger partial charge in [0.15, 0.2) is 0 Å². The average molecular weight is 436 g/mol. The molecule has 1 saturated heterocycles. The lowest BCUT2D eigenvalue weighted by molar-refractivity contribution is -0.138. The predicted octanol–water partition coefficient (Wildman–Crippen LogP) is 6.04. The van der Waals surface area contributed by atoms with E-state index in [2.05, 4.69) is 6.07 Å². The molecule has 0 spiro atoms. The third kappa shape index (κ3) is 5.00. The van der Waals surface area contributed by atoms with Crippen LogP contribution < -0.4 is 0 Å². The van der Waals surface area contributed by atoms with Gasteiger partial charge in [0.05, 0.1) is 35.4 Å². The predicted molar refractivity (Wildman–Crippen MR) is 109 cm³/mol. The Labute approximate surface area is 178 Å². The van der Waals surface area contributed by atoms with Crippen LogP contribution >= 0.6 is 11.8 Å². The van der Waals surface area contributed by atoms with Crippen LogP contribution in [0.4, 0.5) is 13.2 Å². The number of halogens is 3. The molecule has 2 atom stereocenters. The van der Waals surface area contributed by atoms with Gasteiger partial charge in [-0.3, -0.25) is 0 Å². The first kappa shape index (κ1) is 22.7. The Balaban J connectivity index is 2.01. The van der Waals surface area contributed by atoms with Crippen molar-refractivity contribution in [2.75, 3.05) is 6.61 Å². The first-order chi connectivity index (χ1) is 13.9. The second-order valence-corrected chi connectivity index (χ2v) is 9.42. The minimum Gasteiger partial charge on any atom is -0.385 e. The first-order valence-corrected chi connectivity index (χ1v) is 10.5. The van der Waals surface area contributed by atoms with Gasteiger partial charge in [0, 0.05) is 22.6 Å². The van der Waals surface area contributed by atoms with Gasteiger partial charge in [0.25, 0.3) is 0 Å². The quantitative estimate of drug-likeness (QED) is 0.636. The highest BCUT2D eigenvalue weighted by molar-refractivity contribution is 7.99. The number of aliphatic hydroxyl groups is 1. The standard InChI is InChI=1S/C23H24F3NO2S/c1-15-13-22(28,7-8-29-15)17-9-18(23(24,25)26)12-20(11-17)30-19-6-4-5-16(10-19)21(2,3)14-27/h4-6,9-12,15,28H,7-8,13H2,1-3H3. The van der Waals surface area contributed by atoms with Crippen molar-refractivity contribution in [3.63, 3.8) is 0 Å². The van der Waals surface area contributed by atoms with Crippen molar-refractivity contribution < 1.29 is 23.0 Å². The van der Waals surface area contributed by atoms with E-state index in [-0.39, 0.29) is 24.5 Å². The number of nitriles is 1. The molecule has 1 aliphatic heterocycles. The zero-order chi connectivity index (χ0) is 22.2. The van der Waals surface area contributed by atoms with Crippen LogP contribution in [-0.2, 0) is 21.9 Å². The van der Waals surface area contributed by atoms with E-state index in [9.17, 15) is 23.5 Å². The zero-order valence-corrected chi connectivity index (χ0v) is 17.9. The molecule has 0 radical (unpaired) electrons. The van der Waals surface area contributed by atoms with Crippen LogP contribution in [-0.4, -0.2) is 17.8 Å². The summed E-state index contributed by atoms with van der Waals surface area (Å²) in [7, 11) is 0. The molecule has 0 amide bonds. The number of rotatable bonds is 4. The molecule has 1 N–H and O–H groups in total. The molecule has 2 aromatic rings. The summed E-state index contributed by atoms with van der Waals surface area (Å²) in [6.45, 7) is 5.68. The minimum absolute atomic E-state index is 0.237. The van der Waals surface area contributed by atoms with Crippen molar-refractivity contribution in [2.24, 2.45) is 0 Å². The third-order valence-corrected chi connectivity index (χ3v) is 6.35. The minimum atomic E-state index is -4.52. The lowest BCUT2D eigenvalue weighted by Crippen LogP contribution is -2.37. The monoisotopic (exact) mass is 435 g/mol. The largest absolute Gasteiger partial charge is 0.416 e. The molecular formula is C23H24F3NO2S. The normalized spacial score (nSPS) is 22.5. The average Bonchev–Trinajstić information content (AvgIpc) is 2.67. The number of nitrogens with zero attached hydrogens (tertiary/aromatic N) is 1. The van der Waals surface area contributed by atoms with E-state index < -0.39 is 22.8 Å². The molecule has 0 aliphatic carbocycles. The molecule has 2 aromatic carbocycles. The second kappa shape index (κ2) is 8.26. The molecule has 1 aliphatic rings. The summed E-state index contributed by atoms with van der Waals surface area (Å²) in [6.07, 6.45) is -4.28. The van der Waals surface area contributed by atoms with Crippen LogP contribution in [0.1, 0.15) is 50.3 Å². The van der Waals surface area contributed by atoms with Crippen LogP contribution in [0, 0.1) is 11.3 Å². The van der Waals surface area contributed by atoms with E-state index in [0.29, 0.717) is 11.5 Å². The summed E-state index contributed by atoms with van der Waals surface area (Å²) < 4.78 is 46.2. The highest BCUT2D eigenvalue weighted by Crippen LogP contribution is 2.42. The van der Waals surface area contributed by atoms with Crippen molar-refractivity contribution in [2.45, 2.75) is 66.7 Å². The summed E-state index contributed by atoms with van der Waals surface area (Å²) in [6, 6.07) is 13.2. The Hall–Kier alpha value is -2.01. The van der Waals surface area contributed by atoms with E-state index in [1.54, 1.807) is 39.0 Å². The molecule has 0 aromatic heterocycles. The van der Waals surface area contributed by atoms with E-state index in [1.165, 1.54) is 11.8 Å². The summed E-state index contributed by atoms with van der Waals surface area (Å²) in [5.41, 5.74) is -1.81. The lowest BCUT2D eigenvalue weighted by atomic mass is 9.83.